The van der Waals surface area contributed by atoms with Gasteiger partial charge in [-0.15, -0.1) is 0 Å². The van der Waals surface area contributed by atoms with Gasteiger partial charge in [-0.2, -0.15) is 0 Å². The first-order chi connectivity index (χ1) is 9.00. The molecule has 1 saturated heterocycles. The van der Waals surface area contributed by atoms with Crippen LogP contribution in [0.5, 0.6) is 0 Å². The van der Waals surface area contributed by atoms with Crippen LogP contribution in [0.4, 0.5) is 0 Å². The normalized spacial score (nSPS) is 19.8. The van der Waals surface area contributed by atoms with Crippen molar-refractivity contribution in [1.82, 2.24) is 4.90 Å². The lowest BCUT2D eigenvalue weighted by atomic mass is 9.75. The molecular formula is C15H29NO3. The first-order valence-corrected chi connectivity index (χ1v) is 7.53. The molecule has 0 atom stereocenters. The van der Waals surface area contributed by atoms with Crippen LogP contribution in [-0.4, -0.2) is 48.8 Å². The zero-order valence-corrected chi connectivity index (χ0v) is 12.7. The second-order valence-electron chi connectivity index (χ2n) is 6.15. The highest BCUT2D eigenvalue weighted by molar-refractivity contribution is 5.74. The summed E-state index contributed by atoms with van der Waals surface area (Å²) in [5.41, 5.74) is -0.468. The van der Waals surface area contributed by atoms with Gasteiger partial charge in [0.25, 0.3) is 0 Å². The maximum Gasteiger partial charge on any atom is 0.309 e. The van der Waals surface area contributed by atoms with Crippen LogP contribution in [-0.2, 0) is 9.53 Å². The third kappa shape index (κ3) is 5.11. The number of hydrogen-bond donors (Lipinski definition) is 1. The molecular weight excluding hydrogens is 242 g/mol. The molecule has 0 aromatic carbocycles. The fourth-order valence-electron chi connectivity index (χ4n) is 2.77. The van der Waals surface area contributed by atoms with Gasteiger partial charge in [0.1, 0.15) is 0 Å². The lowest BCUT2D eigenvalue weighted by Crippen LogP contribution is -2.45. The van der Waals surface area contributed by atoms with Crippen LogP contribution in [0.15, 0.2) is 0 Å². The summed E-state index contributed by atoms with van der Waals surface area (Å²) in [4.78, 5) is 13.8. The fraction of sp³-hybridized carbons (Fsp3) is 0.933. The molecule has 1 N–H and O–H groups in total. The molecule has 0 bridgehead atoms. The Morgan fingerprint density at radius 3 is 2.47 bits per heavy atom. The van der Waals surface area contributed by atoms with Crippen molar-refractivity contribution in [2.75, 3.05) is 32.8 Å². The van der Waals surface area contributed by atoms with Crippen LogP contribution < -0.4 is 0 Å². The van der Waals surface area contributed by atoms with Crippen LogP contribution in [0.25, 0.3) is 0 Å². The van der Waals surface area contributed by atoms with E-state index in [1.807, 2.05) is 0 Å². The Labute approximate surface area is 117 Å². The quantitative estimate of drug-likeness (QED) is 0.689. The van der Waals surface area contributed by atoms with Crippen molar-refractivity contribution in [3.63, 3.8) is 0 Å². The van der Waals surface area contributed by atoms with Gasteiger partial charge in [0, 0.05) is 13.2 Å². The third-order valence-electron chi connectivity index (χ3n) is 4.00. The molecule has 0 unspecified atom stereocenters. The largest absolute Gasteiger partial charge is 0.481 e. The molecule has 0 aromatic rings. The minimum atomic E-state index is -0.606. The van der Waals surface area contributed by atoms with Crippen molar-refractivity contribution in [2.45, 2.75) is 46.5 Å². The van der Waals surface area contributed by atoms with Gasteiger partial charge in [-0.05, 0) is 38.3 Å². The predicted octanol–water partition coefficient (Wildman–Crippen LogP) is 2.63. The average Bonchev–Trinajstić information content (AvgIpc) is 2.36. The van der Waals surface area contributed by atoms with Crippen molar-refractivity contribution < 1.29 is 14.6 Å². The van der Waals surface area contributed by atoms with Gasteiger partial charge in [-0.3, -0.25) is 4.79 Å². The maximum atomic E-state index is 11.5. The molecule has 1 aliphatic rings. The summed E-state index contributed by atoms with van der Waals surface area (Å²) < 4.78 is 5.59. The summed E-state index contributed by atoms with van der Waals surface area (Å²) in [5, 5.41) is 9.44. The molecule has 0 aliphatic carbocycles. The van der Waals surface area contributed by atoms with Crippen molar-refractivity contribution in [3.8, 4) is 0 Å². The van der Waals surface area contributed by atoms with Crippen molar-refractivity contribution >= 4 is 5.97 Å². The van der Waals surface area contributed by atoms with Gasteiger partial charge in [0.2, 0.25) is 0 Å². The number of likely N-dealkylation sites (tertiary alicyclic amines) is 1. The molecule has 1 rings (SSSR count). The number of hydrogen-bond acceptors (Lipinski definition) is 3. The molecule has 4 heteroatoms. The molecule has 19 heavy (non-hydrogen) atoms. The van der Waals surface area contributed by atoms with Crippen LogP contribution in [0.3, 0.4) is 0 Å². The van der Waals surface area contributed by atoms with E-state index in [9.17, 15) is 9.90 Å². The Kier molecular flexibility index (Phi) is 6.80. The molecule has 112 valence electrons. The smallest absolute Gasteiger partial charge is 0.309 e. The number of carboxylic acid groups (broad SMARTS) is 1. The van der Waals surface area contributed by atoms with E-state index < -0.39 is 11.4 Å². The molecule has 0 amide bonds. The monoisotopic (exact) mass is 271 g/mol. The highest BCUT2D eigenvalue weighted by atomic mass is 16.5. The second-order valence-corrected chi connectivity index (χ2v) is 6.15. The number of piperidine rings is 1. The van der Waals surface area contributed by atoms with Crippen LogP contribution in [0, 0.1) is 11.3 Å². The Morgan fingerprint density at radius 2 is 2.00 bits per heavy atom. The van der Waals surface area contributed by atoms with E-state index in [1.165, 1.54) is 0 Å². The van der Waals surface area contributed by atoms with Gasteiger partial charge < -0.3 is 14.7 Å². The summed E-state index contributed by atoms with van der Waals surface area (Å²) in [6, 6.07) is 0. The van der Waals surface area contributed by atoms with Crippen molar-refractivity contribution in [1.29, 1.82) is 0 Å². The number of nitrogens with zero attached hydrogens (tertiary/aromatic N) is 1. The van der Waals surface area contributed by atoms with Crippen LogP contribution in [0.2, 0.25) is 0 Å². The molecule has 1 fully saturated rings. The van der Waals surface area contributed by atoms with Crippen LogP contribution in [0.1, 0.15) is 46.5 Å². The standard InChI is InChI=1S/C15H29NO3/c1-4-5-15(14(17)18)6-8-16(9-7-15)10-11-19-12-13(2)3/h13H,4-12H2,1-3H3,(H,17,18). The van der Waals surface area contributed by atoms with E-state index in [-0.39, 0.29) is 0 Å². The van der Waals surface area contributed by atoms with Gasteiger partial charge >= 0.3 is 5.97 Å². The number of rotatable bonds is 8. The average molecular weight is 271 g/mol. The summed E-state index contributed by atoms with van der Waals surface area (Å²) >= 11 is 0. The number of carbonyl (C=O) groups is 1. The first-order valence-electron chi connectivity index (χ1n) is 7.53. The summed E-state index contributed by atoms with van der Waals surface area (Å²) in [7, 11) is 0. The van der Waals surface area contributed by atoms with Gasteiger partial charge in [-0.25, -0.2) is 0 Å². The van der Waals surface area contributed by atoms with Crippen LogP contribution >= 0.6 is 0 Å². The Morgan fingerprint density at radius 1 is 1.37 bits per heavy atom. The molecule has 0 radical (unpaired) electrons. The van der Waals surface area contributed by atoms with E-state index >= 15 is 0 Å². The molecule has 4 nitrogen and oxygen atoms in total. The second kappa shape index (κ2) is 7.85. The maximum absolute atomic E-state index is 11.5. The number of aliphatic carboxylic acids is 1. The fourth-order valence-corrected chi connectivity index (χ4v) is 2.77. The number of carboxylic acids is 1. The molecule has 0 aromatic heterocycles. The highest BCUT2D eigenvalue weighted by Crippen LogP contribution is 2.36. The van der Waals surface area contributed by atoms with E-state index in [4.69, 9.17) is 4.74 Å². The van der Waals surface area contributed by atoms with E-state index in [0.29, 0.717) is 5.92 Å². The zero-order valence-electron chi connectivity index (χ0n) is 12.7. The Hall–Kier alpha value is -0.610. The summed E-state index contributed by atoms with van der Waals surface area (Å²) in [5.74, 6) is -0.0318. The minimum Gasteiger partial charge on any atom is -0.481 e. The first kappa shape index (κ1) is 16.4. The lowest BCUT2D eigenvalue weighted by molar-refractivity contribution is -0.152. The molecule has 0 spiro atoms. The van der Waals surface area contributed by atoms with E-state index in [1.54, 1.807) is 0 Å². The predicted molar refractivity (Wildman–Crippen MR) is 76.3 cm³/mol. The topological polar surface area (TPSA) is 49.8 Å². The third-order valence-corrected chi connectivity index (χ3v) is 4.00. The Bertz CT molecular complexity index is 271. The van der Waals surface area contributed by atoms with Crippen molar-refractivity contribution in [2.24, 2.45) is 11.3 Å². The molecule has 0 saturated carbocycles. The highest BCUT2D eigenvalue weighted by Gasteiger charge is 2.40. The zero-order chi connectivity index (χ0) is 14.3. The van der Waals surface area contributed by atoms with Gasteiger partial charge in [0.15, 0.2) is 0 Å². The molecule has 1 aliphatic heterocycles. The summed E-state index contributed by atoms with van der Waals surface area (Å²) in [6.07, 6.45) is 3.31. The number of ether oxygens (including phenoxy) is 1. The summed E-state index contributed by atoms with van der Waals surface area (Å²) in [6.45, 7) is 10.6. The van der Waals surface area contributed by atoms with Gasteiger partial charge in [-0.1, -0.05) is 27.2 Å². The van der Waals surface area contributed by atoms with Gasteiger partial charge in [0.05, 0.1) is 12.0 Å². The Balaban J connectivity index is 2.29. The van der Waals surface area contributed by atoms with Crippen molar-refractivity contribution in [3.05, 3.63) is 0 Å². The lowest BCUT2D eigenvalue weighted by Gasteiger charge is -2.38. The van der Waals surface area contributed by atoms with E-state index in [2.05, 4.69) is 25.7 Å². The SMILES string of the molecule is CCCC1(C(=O)O)CCN(CCOCC(C)C)CC1. The molecule has 1 heterocycles. The minimum absolute atomic E-state index is 0.468. The van der Waals surface area contributed by atoms with E-state index in [0.717, 1.165) is 58.5 Å².